The molecule has 1 unspecified atom stereocenters. The lowest BCUT2D eigenvalue weighted by Crippen LogP contribution is -2.49. The van der Waals surface area contributed by atoms with E-state index in [1.807, 2.05) is 68.4 Å². The second-order valence-electron chi connectivity index (χ2n) is 6.13. The molecule has 0 aromatic heterocycles. The Morgan fingerprint density at radius 2 is 1.73 bits per heavy atom. The van der Waals surface area contributed by atoms with Crippen molar-refractivity contribution < 1.29 is 14.3 Å². The highest BCUT2D eigenvalue weighted by molar-refractivity contribution is 5.87. The van der Waals surface area contributed by atoms with Gasteiger partial charge in [-0.15, -0.1) is 0 Å². The molecule has 0 aliphatic rings. The molecule has 0 heterocycles. The molecule has 0 aliphatic heterocycles. The van der Waals surface area contributed by atoms with Crippen LogP contribution in [0.25, 0.3) is 0 Å². The van der Waals surface area contributed by atoms with Gasteiger partial charge in [0.05, 0.1) is 0 Å². The van der Waals surface area contributed by atoms with Crippen molar-refractivity contribution in [2.75, 3.05) is 13.2 Å². The van der Waals surface area contributed by atoms with Gasteiger partial charge in [0.1, 0.15) is 11.8 Å². The maximum Gasteiger partial charge on any atom is 0.261 e. The summed E-state index contributed by atoms with van der Waals surface area (Å²) >= 11 is 0. The third-order valence-corrected chi connectivity index (χ3v) is 4.16. The van der Waals surface area contributed by atoms with E-state index in [0.717, 1.165) is 11.1 Å². The van der Waals surface area contributed by atoms with Crippen LogP contribution in [0.5, 0.6) is 5.75 Å². The number of nitrogens with zero attached hydrogens (tertiary/aromatic N) is 1. The van der Waals surface area contributed by atoms with Gasteiger partial charge < -0.3 is 15.0 Å². The van der Waals surface area contributed by atoms with Crippen LogP contribution < -0.4 is 10.1 Å². The summed E-state index contributed by atoms with van der Waals surface area (Å²) in [6.07, 6.45) is 0. The van der Waals surface area contributed by atoms with Gasteiger partial charge in [-0.1, -0.05) is 48.5 Å². The van der Waals surface area contributed by atoms with E-state index in [1.54, 1.807) is 11.8 Å². The number of ether oxygens (including phenoxy) is 1. The van der Waals surface area contributed by atoms with Crippen LogP contribution in [-0.2, 0) is 16.1 Å². The van der Waals surface area contributed by atoms with Gasteiger partial charge in [0.2, 0.25) is 5.91 Å². The number of benzene rings is 2. The molecule has 2 aromatic rings. The first-order valence-electron chi connectivity index (χ1n) is 8.82. The second-order valence-corrected chi connectivity index (χ2v) is 6.13. The molecule has 5 heteroatoms. The van der Waals surface area contributed by atoms with Gasteiger partial charge in [0.15, 0.2) is 6.61 Å². The molecular formula is C21H26N2O3. The molecule has 2 amide bonds. The SMILES string of the molecule is CCNC(=O)C(C)N(Cc1ccccc1)C(=O)COc1ccccc1C. The molecule has 0 saturated carbocycles. The van der Waals surface area contributed by atoms with Crippen molar-refractivity contribution in [3.63, 3.8) is 0 Å². The molecule has 138 valence electrons. The lowest BCUT2D eigenvalue weighted by molar-refractivity contribution is -0.142. The number of aryl methyl sites for hydroxylation is 1. The van der Waals surface area contributed by atoms with E-state index in [2.05, 4.69) is 5.32 Å². The number of hydrogen-bond acceptors (Lipinski definition) is 3. The van der Waals surface area contributed by atoms with Gasteiger partial charge >= 0.3 is 0 Å². The lowest BCUT2D eigenvalue weighted by atomic mass is 10.1. The third-order valence-electron chi connectivity index (χ3n) is 4.16. The summed E-state index contributed by atoms with van der Waals surface area (Å²) in [4.78, 5) is 26.6. The molecular weight excluding hydrogens is 328 g/mol. The number of para-hydroxylation sites is 1. The van der Waals surface area contributed by atoms with Crippen LogP contribution in [0.1, 0.15) is 25.0 Å². The topological polar surface area (TPSA) is 58.6 Å². The minimum absolute atomic E-state index is 0.110. The Morgan fingerprint density at radius 3 is 2.38 bits per heavy atom. The molecule has 0 radical (unpaired) electrons. The van der Waals surface area contributed by atoms with Crippen LogP contribution in [0.3, 0.4) is 0 Å². The first-order chi connectivity index (χ1) is 12.5. The van der Waals surface area contributed by atoms with E-state index in [-0.39, 0.29) is 18.4 Å². The number of carbonyl (C=O) groups is 2. The van der Waals surface area contributed by atoms with Gasteiger partial charge in [0, 0.05) is 13.1 Å². The summed E-state index contributed by atoms with van der Waals surface area (Å²) in [6.45, 7) is 6.29. The van der Waals surface area contributed by atoms with Crippen LogP contribution in [0.4, 0.5) is 0 Å². The first kappa shape index (κ1) is 19.5. The van der Waals surface area contributed by atoms with Gasteiger partial charge in [0.25, 0.3) is 5.91 Å². The summed E-state index contributed by atoms with van der Waals surface area (Å²) in [6, 6.07) is 16.6. The largest absolute Gasteiger partial charge is 0.484 e. The Balaban J connectivity index is 2.12. The maximum atomic E-state index is 12.8. The molecule has 5 nitrogen and oxygen atoms in total. The predicted octanol–water partition coefficient (Wildman–Crippen LogP) is 2.93. The molecule has 0 fully saturated rings. The van der Waals surface area contributed by atoms with Crippen LogP contribution in [0.2, 0.25) is 0 Å². The molecule has 2 aromatic carbocycles. The zero-order valence-electron chi connectivity index (χ0n) is 15.6. The van der Waals surface area contributed by atoms with Crippen LogP contribution in [0.15, 0.2) is 54.6 Å². The Morgan fingerprint density at radius 1 is 1.08 bits per heavy atom. The minimum Gasteiger partial charge on any atom is -0.484 e. The molecule has 0 spiro atoms. The fourth-order valence-electron chi connectivity index (χ4n) is 2.63. The van der Waals surface area contributed by atoms with Gasteiger partial charge in [-0.2, -0.15) is 0 Å². The van der Waals surface area contributed by atoms with Gasteiger partial charge in [-0.05, 0) is 38.0 Å². The normalized spacial score (nSPS) is 11.5. The molecule has 2 rings (SSSR count). The molecule has 1 atom stereocenters. The molecule has 0 bridgehead atoms. The summed E-state index contributed by atoms with van der Waals surface area (Å²) < 4.78 is 5.68. The van der Waals surface area contributed by atoms with Gasteiger partial charge in [-0.3, -0.25) is 9.59 Å². The predicted molar refractivity (Wildman–Crippen MR) is 102 cm³/mol. The number of rotatable bonds is 8. The van der Waals surface area contributed by atoms with Crippen molar-refractivity contribution in [2.24, 2.45) is 0 Å². The quantitative estimate of drug-likeness (QED) is 0.793. The van der Waals surface area contributed by atoms with Crippen molar-refractivity contribution in [1.82, 2.24) is 10.2 Å². The van der Waals surface area contributed by atoms with Crippen LogP contribution in [-0.4, -0.2) is 35.9 Å². The highest BCUT2D eigenvalue weighted by Crippen LogP contribution is 2.17. The standard InChI is InChI=1S/C21H26N2O3/c1-4-22-21(25)17(3)23(14-18-11-6-5-7-12-18)20(24)15-26-19-13-9-8-10-16(19)2/h5-13,17H,4,14-15H2,1-3H3,(H,22,25). The molecule has 26 heavy (non-hydrogen) atoms. The zero-order chi connectivity index (χ0) is 18.9. The average molecular weight is 354 g/mol. The maximum absolute atomic E-state index is 12.8. The molecule has 0 aliphatic carbocycles. The summed E-state index contributed by atoms with van der Waals surface area (Å²) in [5.41, 5.74) is 1.93. The highest BCUT2D eigenvalue weighted by atomic mass is 16.5. The smallest absolute Gasteiger partial charge is 0.261 e. The Kier molecular flexibility index (Phi) is 7.21. The molecule has 0 saturated heterocycles. The van der Waals surface area contributed by atoms with Gasteiger partial charge in [-0.25, -0.2) is 0 Å². The van der Waals surface area contributed by atoms with E-state index >= 15 is 0 Å². The second kappa shape index (κ2) is 9.61. The Bertz CT molecular complexity index is 731. The van der Waals surface area contributed by atoms with E-state index in [0.29, 0.717) is 18.8 Å². The highest BCUT2D eigenvalue weighted by Gasteiger charge is 2.26. The zero-order valence-corrected chi connectivity index (χ0v) is 15.6. The average Bonchev–Trinajstić information content (AvgIpc) is 2.65. The van der Waals surface area contributed by atoms with E-state index in [4.69, 9.17) is 4.74 Å². The number of likely N-dealkylation sites (N-methyl/N-ethyl adjacent to an activating group) is 1. The number of nitrogens with one attached hydrogen (secondary N) is 1. The fourth-order valence-corrected chi connectivity index (χ4v) is 2.63. The van der Waals surface area contributed by atoms with Crippen molar-refractivity contribution >= 4 is 11.8 Å². The number of carbonyl (C=O) groups excluding carboxylic acids is 2. The summed E-state index contributed by atoms with van der Waals surface area (Å²) in [7, 11) is 0. The number of amides is 2. The van der Waals surface area contributed by atoms with Crippen molar-refractivity contribution in [3.05, 3.63) is 65.7 Å². The van der Waals surface area contributed by atoms with E-state index in [1.165, 1.54) is 0 Å². The fraction of sp³-hybridized carbons (Fsp3) is 0.333. The van der Waals surface area contributed by atoms with E-state index in [9.17, 15) is 9.59 Å². The first-order valence-corrected chi connectivity index (χ1v) is 8.82. The Hall–Kier alpha value is -2.82. The summed E-state index contributed by atoms with van der Waals surface area (Å²) in [5, 5.41) is 2.78. The van der Waals surface area contributed by atoms with Crippen molar-refractivity contribution in [1.29, 1.82) is 0 Å². The lowest BCUT2D eigenvalue weighted by Gasteiger charge is -2.28. The van der Waals surface area contributed by atoms with Crippen molar-refractivity contribution in [2.45, 2.75) is 33.4 Å². The van der Waals surface area contributed by atoms with Crippen LogP contribution in [0, 0.1) is 6.92 Å². The summed E-state index contributed by atoms with van der Waals surface area (Å²) in [5.74, 6) is 0.273. The van der Waals surface area contributed by atoms with E-state index < -0.39 is 6.04 Å². The van der Waals surface area contributed by atoms with Crippen LogP contribution >= 0.6 is 0 Å². The number of hydrogen-bond donors (Lipinski definition) is 1. The minimum atomic E-state index is -0.580. The monoisotopic (exact) mass is 354 g/mol. The Labute approximate surface area is 155 Å². The van der Waals surface area contributed by atoms with Crippen molar-refractivity contribution in [3.8, 4) is 5.75 Å². The third kappa shape index (κ3) is 5.34. The molecule has 1 N–H and O–H groups in total.